The number of carbonyl (C=O) groups excluding carboxylic acids is 1. The summed E-state index contributed by atoms with van der Waals surface area (Å²) in [7, 11) is 0. The Bertz CT molecular complexity index is 610. The van der Waals surface area contributed by atoms with E-state index in [4.69, 9.17) is 15.2 Å². The van der Waals surface area contributed by atoms with E-state index < -0.39 is 0 Å². The molecular weight excluding hydrogens is 266 g/mol. The summed E-state index contributed by atoms with van der Waals surface area (Å²) in [6, 6.07) is 14.5. The fourth-order valence-electron chi connectivity index (χ4n) is 1.84. The van der Waals surface area contributed by atoms with Crippen molar-refractivity contribution in [2.24, 2.45) is 0 Å². The molecule has 2 aromatic rings. The fraction of sp³-hybridized carbons (Fsp3) is 0.235. The van der Waals surface area contributed by atoms with Crippen molar-refractivity contribution in [2.75, 3.05) is 12.3 Å². The Morgan fingerprint density at radius 1 is 1.14 bits per heavy atom. The van der Waals surface area contributed by atoms with Gasteiger partial charge in [-0.2, -0.15) is 0 Å². The molecule has 0 aliphatic rings. The van der Waals surface area contributed by atoms with Gasteiger partial charge in [0, 0.05) is 0 Å². The minimum Gasteiger partial charge on any atom is -0.487 e. The van der Waals surface area contributed by atoms with Gasteiger partial charge in [0.2, 0.25) is 0 Å². The molecule has 0 aliphatic heterocycles. The molecule has 0 fully saturated rings. The molecule has 0 atom stereocenters. The number of ether oxygens (including phenoxy) is 2. The van der Waals surface area contributed by atoms with Crippen molar-refractivity contribution < 1.29 is 14.3 Å². The molecule has 0 aromatic heterocycles. The Morgan fingerprint density at radius 3 is 2.71 bits per heavy atom. The van der Waals surface area contributed by atoms with Crippen LogP contribution in [0.2, 0.25) is 0 Å². The number of carbonyl (C=O) groups is 1. The molecular formula is C17H19NO3. The smallest absolute Gasteiger partial charge is 0.338 e. The largest absolute Gasteiger partial charge is 0.487 e. The molecule has 0 saturated heterocycles. The van der Waals surface area contributed by atoms with Crippen molar-refractivity contribution >= 4 is 11.7 Å². The summed E-state index contributed by atoms with van der Waals surface area (Å²) in [6.07, 6.45) is 0.807. The summed E-state index contributed by atoms with van der Waals surface area (Å²) >= 11 is 0. The maximum absolute atomic E-state index is 11.8. The van der Waals surface area contributed by atoms with Crippen LogP contribution < -0.4 is 10.5 Å². The third-order valence-corrected chi connectivity index (χ3v) is 2.91. The maximum atomic E-state index is 11.8. The van der Waals surface area contributed by atoms with Crippen LogP contribution in [-0.2, 0) is 11.3 Å². The van der Waals surface area contributed by atoms with E-state index in [9.17, 15) is 4.79 Å². The normalized spacial score (nSPS) is 10.1. The van der Waals surface area contributed by atoms with E-state index >= 15 is 0 Å². The van der Waals surface area contributed by atoms with E-state index in [2.05, 4.69) is 0 Å². The molecule has 0 spiro atoms. The number of nitrogen functional groups attached to an aromatic ring is 1. The Morgan fingerprint density at radius 2 is 1.95 bits per heavy atom. The highest BCUT2D eigenvalue weighted by Gasteiger charge is 2.07. The van der Waals surface area contributed by atoms with Gasteiger partial charge in [0.1, 0.15) is 12.4 Å². The number of para-hydroxylation sites is 2. The van der Waals surface area contributed by atoms with E-state index in [0.29, 0.717) is 30.2 Å². The molecule has 21 heavy (non-hydrogen) atoms. The molecule has 0 saturated carbocycles. The first-order valence-electron chi connectivity index (χ1n) is 6.94. The van der Waals surface area contributed by atoms with Crippen LogP contribution in [0.15, 0.2) is 48.5 Å². The van der Waals surface area contributed by atoms with Gasteiger partial charge in [0.25, 0.3) is 0 Å². The number of esters is 1. The summed E-state index contributed by atoms with van der Waals surface area (Å²) in [5.74, 6) is 0.328. The van der Waals surface area contributed by atoms with Gasteiger partial charge < -0.3 is 15.2 Å². The van der Waals surface area contributed by atoms with Crippen molar-refractivity contribution in [3.05, 3.63) is 59.7 Å². The average Bonchev–Trinajstić information content (AvgIpc) is 2.52. The number of anilines is 1. The van der Waals surface area contributed by atoms with Gasteiger partial charge in [-0.1, -0.05) is 31.2 Å². The third-order valence-electron chi connectivity index (χ3n) is 2.91. The molecule has 4 heteroatoms. The number of rotatable bonds is 6. The van der Waals surface area contributed by atoms with E-state index in [1.807, 2.05) is 37.3 Å². The Kier molecular flexibility index (Phi) is 5.21. The lowest BCUT2D eigenvalue weighted by atomic mass is 10.1. The fourth-order valence-corrected chi connectivity index (χ4v) is 1.84. The third kappa shape index (κ3) is 4.24. The second-order valence-corrected chi connectivity index (χ2v) is 4.66. The monoisotopic (exact) mass is 285 g/mol. The first kappa shape index (κ1) is 14.9. The predicted octanol–water partition coefficient (Wildman–Crippen LogP) is 3.41. The molecule has 2 aromatic carbocycles. The van der Waals surface area contributed by atoms with Gasteiger partial charge in [-0.05, 0) is 36.2 Å². The van der Waals surface area contributed by atoms with E-state index in [1.54, 1.807) is 18.2 Å². The highest BCUT2D eigenvalue weighted by molar-refractivity contribution is 5.89. The molecule has 2 rings (SSSR count). The number of nitrogens with two attached hydrogens (primary N) is 1. The van der Waals surface area contributed by atoms with Gasteiger partial charge in [-0.25, -0.2) is 4.79 Å². The SMILES string of the molecule is CCCOC(=O)c1cccc(COc2ccccc2N)c1. The summed E-state index contributed by atoms with van der Waals surface area (Å²) in [4.78, 5) is 11.8. The minimum atomic E-state index is -0.307. The summed E-state index contributed by atoms with van der Waals surface area (Å²) in [5.41, 5.74) is 7.84. The van der Waals surface area contributed by atoms with E-state index in [-0.39, 0.29) is 5.97 Å². The van der Waals surface area contributed by atoms with Crippen molar-refractivity contribution in [1.29, 1.82) is 0 Å². The van der Waals surface area contributed by atoms with Crippen molar-refractivity contribution in [3.63, 3.8) is 0 Å². The lowest BCUT2D eigenvalue weighted by molar-refractivity contribution is 0.0505. The predicted molar refractivity (Wildman–Crippen MR) is 82.2 cm³/mol. The second-order valence-electron chi connectivity index (χ2n) is 4.66. The average molecular weight is 285 g/mol. The highest BCUT2D eigenvalue weighted by atomic mass is 16.5. The van der Waals surface area contributed by atoms with E-state index in [1.165, 1.54) is 0 Å². The number of hydrogen-bond donors (Lipinski definition) is 1. The second kappa shape index (κ2) is 7.33. The highest BCUT2D eigenvalue weighted by Crippen LogP contribution is 2.21. The molecule has 2 N–H and O–H groups in total. The van der Waals surface area contributed by atoms with Crippen molar-refractivity contribution in [2.45, 2.75) is 20.0 Å². The van der Waals surface area contributed by atoms with Crippen molar-refractivity contribution in [1.82, 2.24) is 0 Å². The molecule has 0 bridgehead atoms. The zero-order chi connectivity index (χ0) is 15.1. The first-order chi connectivity index (χ1) is 10.2. The van der Waals surface area contributed by atoms with Gasteiger partial charge in [0.15, 0.2) is 0 Å². The molecule has 0 amide bonds. The molecule has 4 nitrogen and oxygen atoms in total. The van der Waals surface area contributed by atoms with Gasteiger partial charge in [0.05, 0.1) is 17.9 Å². The van der Waals surface area contributed by atoms with Gasteiger partial charge in [-0.15, -0.1) is 0 Å². The van der Waals surface area contributed by atoms with Crippen LogP contribution >= 0.6 is 0 Å². The Labute approximate surface area is 124 Å². The van der Waals surface area contributed by atoms with Crippen LogP contribution in [0, 0.1) is 0 Å². The van der Waals surface area contributed by atoms with Crippen molar-refractivity contribution in [3.8, 4) is 5.75 Å². The summed E-state index contributed by atoms with van der Waals surface area (Å²) < 4.78 is 10.8. The zero-order valence-corrected chi connectivity index (χ0v) is 12.0. The molecule has 0 radical (unpaired) electrons. The lowest BCUT2D eigenvalue weighted by Gasteiger charge is -2.09. The quantitative estimate of drug-likeness (QED) is 0.652. The van der Waals surface area contributed by atoms with Crippen LogP contribution in [0.5, 0.6) is 5.75 Å². The number of benzene rings is 2. The zero-order valence-electron chi connectivity index (χ0n) is 12.0. The standard InChI is InChI=1S/C17H19NO3/c1-2-10-20-17(19)14-7-5-6-13(11-14)12-21-16-9-4-3-8-15(16)18/h3-9,11H,2,10,12,18H2,1H3. The van der Waals surface area contributed by atoms with Crippen LogP contribution in [0.4, 0.5) is 5.69 Å². The Hall–Kier alpha value is -2.49. The van der Waals surface area contributed by atoms with Crippen LogP contribution in [0.1, 0.15) is 29.3 Å². The first-order valence-corrected chi connectivity index (χ1v) is 6.94. The summed E-state index contributed by atoms with van der Waals surface area (Å²) in [5, 5.41) is 0. The molecule has 110 valence electrons. The molecule has 0 aliphatic carbocycles. The number of hydrogen-bond acceptors (Lipinski definition) is 4. The van der Waals surface area contributed by atoms with Crippen LogP contribution in [0.3, 0.4) is 0 Å². The minimum absolute atomic E-state index is 0.307. The summed E-state index contributed by atoms with van der Waals surface area (Å²) in [6.45, 7) is 2.74. The molecule has 0 heterocycles. The van der Waals surface area contributed by atoms with Gasteiger partial charge in [-0.3, -0.25) is 0 Å². The Balaban J connectivity index is 2.01. The molecule has 0 unspecified atom stereocenters. The lowest BCUT2D eigenvalue weighted by Crippen LogP contribution is -2.07. The van der Waals surface area contributed by atoms with Crippen LogP contribution in [-0.4, -0.2) is 12.6 Å². The van der Waals surface area contributed by atoms with Crippen LogP contribution in [0.25, 0.3) is 0 Å². The maximum Gasteiger partial charge on any atom is 0.338 e. The van der Waals surface area contributed by atoms with Gasteiger partial charge >= 0.3 is 5.97 Å². The topological polar surface area (TPSA) is 61.5 Å². The van der Waals surface area contributed by atoms with E-state index in [0.717, 1.165) is 12.0 Å².